The van der Waals surface area contributed by atoms with Crippen LogP contribution in [0, 0.1) is 10.8 Å². The van der Waals surface area contributed by atoms with Gasteiger partial charge < -0.3 is 0 Å². The molecule has 0 aromatic heterocycles. The molecule has 56 valence electrons. The molecule has 6 heteroatoms. The van der Waals surface area contributed by atoms with Gasteiger partial charge in [0.2, 0.25) is 0 Å². The van der Waals surface area contributed by atoms with Gasteiger partial charge in [-0.3, -0.25) is 0 Å². The Labute approximate surface area is 102 Å². The van der Waals surface area contributed by atoms with E-state index in [-0.39, 0.29) is 0 Å². The minimum atomic E-state index is 0.345. The Balaban J connectivity index is 1.66. The van der Waals surface area contributed by atoms with Crippen molar-refractivity contribution < 1.29 is 0 Å². The molecule has 8 saturated carbocycles. The maximum absolute atomic E-state index is 3.95. The maximum Gasteiger partial charge on any atom is 0.0329 e. The predicted molar refractivity (Wildman–Crippen MR) is 55.5 cm³/mol. The van der Waals surface area contributed by atoms with E-state index in [1.165, 1.54) is 0 Å². The van der Waals surface area contributed by atoms with Gasteiger partial charge in [-0.2, -0.15) is 0 Å². The minimum absolute atomic E-state index is 0.345. The summed E-state index contributed by atoms with van der Waals surface area (Å²) in [4.78, 5) is 0. The molecule has 0 saturated heterocycles. The van der Waals surface area contributed by atoms with Gasteiger partial charge in [0, 0.05) is 61.5 Å². The monoisotopic (exact) mass is 264 g/mol. The van der Waals surface area contributed by atoms with Crippen molar-refractivity contribution in [3.63, 3.8) is 0 Å². The molecule has 0 aromatic carbocycles. The Hall–Kier alpha value is 1.30. The van der Waals surface area contributed by atoms with E-state index >= 15 is 0 Å². The number of hydrogen-bond acceptors (Lipinski definition) is 0. The van der Waals surface area contributed by atoms with E-state index in [1.807, 2.05) is 0 Å². The van der Waals surface area contributed by atoms with Gasteiger partial charge in [-0.15, -0.1) is 0 Å². The van der Waals surface area contributed by atoms with Crippen LogP contribution in [0.1, 0.15) is 0 Å². The Bertz CT molecular complexity index is 402. The summed E-state index contributed by atoms with van der Waals surface area (Å²) in [6, 6.07) is 0. The van der Waals surface area contributed by atoms with Crippen LogP contribution >= 0.6 is 0 Å². The van der Waals surface area contributed by atoms with Gasteiger partial charge >= 0.3 is 0 Å². The second kappa shape index (κ2) is 1.04. The highest BCUT2D eigenvalue weighted by molar-refractivity contribution is 6.70. The molecule has 0 atom stereocenters. The summed E-state index contributed by atoms with van der Waals surface area (Å²) in [6.45, 7) is 0. The maximum atomic E-state index is 3.95. The molecule has 8 fully saturated rings. The molecule has 0 amide bonds. The lowest BCUT2D eigenvalue weighted by molar-refractivity contribution is 0.653. The van der Waals surface area contributed by atoms with Crippen LogP contribution in [-0.2, 0) is 0 Å². The molecule has 0 aliphatic heterocycles. The second-order valence-electron chi connectivity index (χ2n) is 6.00. The molecule has 0 spiro atoms. The van der Waals surface area contributed by atoms with Crippen molar-refractivity contribution in [2.45, 2.75) is 30.2 Å². The van der Waals surface area contributed by atoms with Gasteiger partial charge in [-0.05, 0) is 41.1 Å². The number of hydrogen-bond donors (Lipinski definition) is 0. The van der Waals surface area contributed by atoms with Gasteiger partial charge in [-0.25, -0.2) is 0 Å². The van der Waals surface area contributed by atoms with Crippen molar-refractivity contribution in [1.29, 1.82) is 0 Å². The molecule has 0 heterocycles. The summed E-state index contributed by atoms with van der Waals surface area (Å²) < 4.78 is 0. The van der Waals surface area contributed by atoms with E-state index in [1.54, 1.807) is 0 Å². The second-order valence-corrected chi connectivity index (χ2v) is 10.5. The quantitative estimate of drug-likeness (QED) is 0.533. The Kier molecular flexibility index (Phi) is 0.565. The molecule has 0 bridgehead atoms. The third kappa shape index (κ3) is 0.192. The molecular formula is C8Si6. The van der Waals surface area contributed by atoms with Crippen molar-refractivity contribution in [1.82, 2.24) is 0 Å². The Morgan fingerprint density at radius 2 is 0.500 bits per heavy atom. The zero-order valence-corrected chi connectivity index (χ0v) is 13.0. The fourth-order valence-electron chi connectivity index (χ4n) is 5.81. The lowest BCUT2D eigenvalue weighted by Gasteiger charge is -1.91. The first-order chi connectivity index (χ1) is 6.25. The first kappa shape index (κ1) is 7.59. The molecule has 18 radical (unpaired) electrons. The first-order valence-corrected chi connectivity index (χ1v) is 7.75. The third-order valence-corrected chi connectivity index (χ3v) is 15.1. The molecular weight excluding hydrogens is 265 g/mol. The predicted octanol–water partition coefficient (Wildman–Crippen LogP) is -0.996. The summed E-state index contributed by atoms with van der Waals surface area (Å²) in [6.07, 6.45) is 0. The Morgan fingerprint density at radius 1 is 0.357 bits per heavy atom. The summed E-state index contributed by atoms with van der Waals surface area (Å²) in [5.74, 6) is 0. The SMILES string of the molecule is [Si]C12C3([Si])C1([Si])C23C12C3([Si])C1([Si])C32[Si]. The fourth-order valence-corrected chi connectivity index (χ4v) is 14.1. The van der Waals surface area contributed by atoms with E-state index in [4.69, 9.17) is 0 Å². The average molecular weight is 265 g/mol. The fraction of sp³-hybridized carbons (Fsp3) is 1.00. The van der Waals surface area contributed by atoms with Crippen LogP contribution in [0.4, 0.5) is 0 Å². The smallest absolute Gasteiger partial charge is 0.0281 e. The van der Waals surface area contributed by atoms with Crippen molar-refractivity contribution in [3.8, 4) is 0 Å². The highest BCUT2D eigenvalue weighted by atomic mass is 28.2. The summed E-state index contributed by atoms with van der Waals surface area (Å²) >= 11 is 0. The van der Waals surface area contributed by atoms with E-state index in [0.29, 0.717) is 41.1 Å². The van der Waals surface area contributed by atoms with E-state index < -0.39 is 0 Å². The molecule has 8 aliphatic rings. The van der Waals surface area contributed by atoms with Crippen LogP contribution < -0.4 is 0 Å². The highest BCUT2D eigenvalue weighted by Gasteiger charge is 3.48. The first-order valence-electron chi connectivity index (χ1n) is 4.75. The van der Waals surface area contributed by atoms with E-state index in [2.05, 4.69) is 61.5 Å². The van der Waals surface area contributed by atoms with Gasteiger partial charge in [0.25, 0.3) is 0 Å². The van der Waals surface area contributed by atoms with E-state index in [9.17, 15) is 0 Å². The standard InChI is InChI=1S/C8Si6/c9-3-1(4(3,10)5(1,3)11)2-6(12)7(2,13)8(2,6)14. The molecule has 8 rings (SSSR count). The lowest BCUT2D eigenvalue weighted by atomic mass is 10.2. The van der Waals surface area contributed by atoms with Crippen molar-refractivity contribution >= 4 is 61.5 Å². The van der Waals surface area contributed by atoms with Crippen LogP contribution in [0.2, 0.25) is 30.2 Å². The zero-order chi connectivity index (χ0) is 10.0. The Morgan fingerprint density at radius 3 is 0.571 bits per heavy atom. The van der Waals surface area contributed by atoms with Gasteiger partial charge in [0.05, 0.1) is 0 Å². The topological polar surface area (TPSA) is 0 Å². The minimum Gasteiger partial charge on any atom is -0.0281 e. The van der Waals surface area contributed by atoms with Crippen LogP contribution in [0.3, 0.4) is 0 Å². The molecule has 0 aromatic rings. The molecule has 8 aliphatic carbocycles. The average Bonchev–Trinajstić information content (AvgIpc) is 3.09. The lowest BCUT2D eigenvalue weighted by Crippen LogP contribution is -1.88. The van der Waals surface area contributed by atoms with Crippen molar-refractivity contribution in [2.75, 3.05) is 0 Å². The van der Waals surface area contributed by atoms with Crippen molar-refractivity contribution in [2.24, 2.45) is 10.8 Å². The normalized spacial score (nSPS) is 111. The summed E-state index contributed by atoms with van der Waals surface area (Å²) in [5, 5.41) is 2.07. The highest BCUT2D eigenvalue weighted by Crippen LogP contribution is 3.62. The van der Waals surface area contributed by atoms with Crippen LogP contribution in [0.5, 0.6) is 0 Å². The van der Waals surface area contributed by atoms with Gasteiger partial charge in [0.1, 0.15) is 0 Å². The summed E-state index contributed by atoms with van der Waals surface area (Å²) in [5.41, 5.74) is 0.909. The zero-order valence-electron chi connectivity index (χ0n) is 7.00. The van der Waals surface area contributed by atoms with Crippen LogP contribution in [0.15, 0.2) is 0 Å². The van der Waals surface area contributed by atoms with E-state index in [0.717, 1.165) is 0 Å². The summed E-state index contributed by atoms with van der Waals surface area (Å²) in [7, 11) is 23.7. The van der Waals surface area contributed by atoms with Gasteiger partial charge in [0.15, 0.2) is 0 Å². The molecule has 0 unspecified atom stereocenters. The van der Waals surface area contributed by atoms with Crippen molar-refractivity contribution in [3.05, 3.63) is 0 Å². The van der Waals surface area contributed by atoms with Crippen LogP contribution in [0.25, 0.3) is 0 Å². The molecule has 0 nitrogen and oxygen atoms in total. The molecule has 14 heavy (non-hydrogen) atoms. The van der Waals surface area contributed by atoms with Gasteiger partial charge in [-0.1, -0.05) is 0 Å². The number of rotatable bonds is 1. The third-order valence-electron chi connectivity index (χ3n) is 6.81. The molecule has 0 N–H and O–H groups in total. The van der Waals surface area contributed by atoms with Crippen LogP contribution in [-0.4, -0.2) is 61.5 Å². The largest absolute Gasteiger partial charge is 0.0329 e.